The molecule has 0 saturated carbocycles. The largest absolute Gasteiger partial charge is 0.335 e. The van der Waals surface area contributed by atoms with Crippen LogP contribution in [-0.2, 0) is 11.2 Å². The number of hydrogen-bond acceptors (Lipinski definition) is 3. The monoisotopic (exact) mass is 361 g/mol. The van der Waals surface area contributed by atoms with Gasteiger partial charge in [-0.15, -0.1) is 11.3 Å². The summed E-state index contributed by atoms with van der Waals surface area (Å²) in [6, 6.07) is 9.11. The van der Waals surface area contributed by atoms with Crippen LogP contribution in [0.2, 0.25) is 5.02 Å². The predicted molar refractivity (Wildman–Crippen MR) is 97.8 cm³/mol. The third kappa shape index (κ3) is 3.55. The fourth-order valence-electron chi connectivity index (χ4n) is 3.28. The van der Waals surface area contributed by atoms with Crippen LogP contribution in [0.25, 0.3) is 0 Å². The lowest BCUT2D eigenvalue weighted by atomic mass is 9.97. The number of carbonyl (C=O) groups is 2. The average molecular weight is 362 g/mol. The maximum Gasteiger partial charge on any atom is 0.223 e. The van der Waals surface area contributed by atoms with Gasteiger partial charge in [0.15, 0.2) is 5.78 Å². The highest BCUT2D eigenvalue weighted by Crippen LogP contribution is 2.35. The molecule has 0 spiro atoms. The summed E-state index contributed by atoms with van der Waals surface area (Å²) in [5, 5.41) is 2.71. The van der Waals surface area contributed by atoms with Crippen molar-refractivity contribution in [1.29, 1.82) is 0 Å². The molecule has 24 heavy (non-hydrogen) atoms. The van der Waals surface area contributed by atoms with Crippen molar-refractivity contribution in [1.82, 2.24) is 4.90 Å². The summed E-state index contributed by atoms with van der Waals surface area (Å²) >= 11 is 7.61. The first-order chi connectivity index (χ1) is 11.6. The third-order valence-corrected chi connectivity index (χ3v) is 5.78. The van der Waals surface area contributed by atoms with Crippen LogP contribution in [0.4, 0.5) is 0 Å². The lowest BCUT2D eigenvalue weighted by Gasteiger charge is -2.35. The number of fused-ring (bicyclic) bond motifs is 1. The number of benzene rings is 1. The molecule has 0 fully saturated rings. The normalized spacial score (nSPS) is 16.8. The van der Waals surface area contributed by atoms with Crippen LogP contribution in [0.1, 0.15) is 53.0 Å². The van der Waals surface area contributed by atoms with Gasteiger partial charge in [0.05, 0.1) is 6.04 Å². The van der Waals surface area contributed by atoms with Crippen molar-refractivity contribution in [3.63, 3.8) is 0 Å². The van der Waals surface area contributed by atoms with Crippen molar-refractivity contribution in [3.05, 3.63) is 56.7 Å². The van der Waals surface area contributed by atoms with Gasteiger partial charge in [-0.05, 0) is 54.1 Å². The highest BCUT2D eigenvalue weighted by molar-refractivity contribution is 7.10. The molecule has 0 saturated heterocycles. The minimum atomic E-state index is -0.0127. The number of Topliss-reactive ketones (excluding diaryl/α,β-unsaturated/α-hetero) is 1. The Kier molecular flexibility index (Phi) is 5.36. The second-order valence-corrected chi connectivity index (χ2v) is 7.43. The zero-order valence-electron chi connectivity index (χ0n) is 13.6. The van der Waals surface area contributed by atoms with Crippen molar-refractivity contribution in [2.45, 2.75) is 38.6 Å². The summed E-state index contributed by atoms with van der Waals surface area (Å²) in [5.41, 5.74) is 1.89. The quantitative estimate of drug-likeness (QED) is 0.710. The molecule has 1 amide bonds. The minimum Gasteiger partial charge on any atom is -0.335 e. The van der Waals surface area contributed by atoms with Crippen LogP contribution in [-0.4, -0.2) is 23.1 Å². The van der Waals surface area contributed by atoms with E-state index in [1.165, 1.54) is 10.4 Å². The molecular formula is C19H20ClNO2S. The maximum atomic E-state index is 12.6. The lowest BCUT2D eigenvalue weighted by molar-refractivity contribution is -0.134. The van der Waals surface area contributed by atoms with E-state index in [9.17, 15) is 9.59 Å². The van der Waals surface area contributed by atoms with E-state index in [0.717, 1.165) is 19.4 Å². The molecule has 0 N–H and O–H groups in total. The molecule has 1 aliphatic rings. The number of thiophene rings is 1. The second-order valence-electron chi connectivity index (χ2n) is 5.99. The molecule has 1 aliphatic heterocycles. The lowest BCUT2D eigenvalue weighted by Crippen LogP contribution is -2.39. The Labute approximate surface area is 151 Å². The van der Waals surface area contributed by atoms with Gasteiger partial charge in [0.2, 0.25) is 5.91 Å². The summed E-state index contributed by atoms with van der Waals surface area (Å²) in [6.07, 6.45) is 2.32. The second kappa shape index (κ2) is 7.49. The topological polar surface area (TPSA) is 37.4 Å². The molecule has 2 aromatic rings. The summed E-state index contributed by atoms with van der Waals surface area (Å²) in [7, 11) is 0. The molecule has 3 rings (SSSR count). The molecular weight excluding hydrogens is 342 g/mol. The average Bonchev–Trinajstić information content (AvgIpc) is 3.07. The van der Waals surface area contributed by atoms with Crippen molar-refractivity contribution in [2.24, 2.45) is 0 Å². The Balaban J connectivity index is 1.63. The smallest absolute Gasteiger partial charge is 0.223 e. The Hall–Kier alpha value is -1.65. The van der Waals surface area contributed by atoms with Gasteiger partial charge in [-0.1, -0.05) is 18.5 Å². The highest BCUT2D eigenvalue weighted by Gasteiger charge is 2.30. The minimum absolute atomic E-state index is 0.0127. The van der Waals surface area contributed by atoms with E-state index in [4.69, 9.17) is 11.6 Å². The van der Waals surface area contributed by atoms with Gasteiger partial charge in [0, 0.05) is 34.8 Å². The zero-order chi connectivity index (χ0) is 17.1. The standard InChI is InChI=1S/C19H20ClNO2S/c1-2-16-15-10-12-24-18(15)9-11-21(16)19(23)8-7-17(22)13-3-5-14(20)6-4-13/h3-6,10,12,16H,2,7-9,11H2,1H3. The Morgan fingerprint density at radius 2 is 1.96 bits per heavy atom. The predicted octanol–water partition coefficient (Wildman–Crippen LogP) is 4.90. The van der Waals surface area contributed by atoms with E-state index in [0.29, 0.717) is 10.6 Å². The number of amides is 1. The fraction of sp³-hybridized carbons (Fsp3) is 0.368. The zero-order valence-corrected chi connectivity index (χ0v) is 15.2. The van der Waals surface area contributed by atoms with Crippen LogP contribution in [0.3, 0.4) is 0 Å². The van der Waals surface area contributed by atoms with Gasteiger partial charge < -0.3 is 4.90 Å². The van der Waals surface area contributed by atoms with E-state index >= 15 is 0 Å². The van der Waals surface area contributed by atoms with Crippen molar-refractivity contribution >= 4 is 34.6 Å². The molecule has 126 valence electrons. The molecule has 3 nitrogen and oxygen atoms in total. The third-order valence-electron chi connectivity index (χ3n) is 4.53. The fourth-order valence-corrected chi connectivity index (χ4v) is 4.33. The van der Waals surface area contributed by atoms with Crippen molar-refractivity contribution in [2.75, 3.05) is 6.54 Å². The first-order valence-electron chi connectivity index (χ1n) is 8.24. The van der Waals surface area contributed by atoms with Gasteiger partial charge in [-0.3, -0.25) is 9.59 Å². The highest BCUT2D eigenvalue weighted by atomic mass is 35.5. The van der Waals surface area contributed by atoms with Crippen molar-refractivity contribution < 1.29 is 9.59 Å². The first kappa shape index (κ1) is 17.2. The number of carbonyl (C=O) groups excluding carboxylic acids is 2. The van der Waals surface area contributed by atoms with E-state index < -0.39 is 0 Å². The Morgan fingerprint density at radius 1 is 1.21 bits per heavy atom. The van der Waals surface area contributed by atoms with E-state index in [1.54, 1.807) is 35.6 Å². The number of nitrogens with zero attached hydrogens (tertiary/aromatic N) is 1. The Morgan fingerprint density at radius 3 is 2.67 bits per heavy atom. The van der Waals surface area contributed by atoms with Gasteiger partial charge in [0.25, 0.3) is 0 Å². The number of rotatable bonds is 5. The molecule has 1 atom stereocenters. The molecule has 0 bridgehead atoms. The summed E-state index contributed by atoms with van der Waals surface area (Å²) < 4.78 is 0. The number of hydrogen-bond donors (Lipinski definition) is 0. The van der Waals surface area contributed by atoms with E-state index in [1.807, 2.05) is 4.90 Å². The van der Waals surface area contributed by atoms with E-state index in [2.05, 4.69) is 18.4 Å². The molecule has 5 heteroatoms. The van der Waals surface area contributed by atoms with Gasteiger partial charge in [-0.2, -0.15) is 0 Å². The van der Waals surface area contributed by atoms with E-state index in [-0.39, 0.29) is 30.6 Å². The van der Waals surface area contributed by atoms with Gasteiger partial charge in [0.1, 0.15) is 0 Å². The molecule has 0 radical (unpaired) electrons. The van der Waals surface area contributed by atoms with Crippen LogP contribution < -0.4 is 0 Å². The summed E-state index contributed by atoms with van der Waals surface area (Å²) in [4.78, 5) is 28.2. The van der Waals surface area contributed by atoms with Crippen LogP contribution in [0.15, 0.2) is 35.7 Å². The number of halogens is 1. The first-order valence-corrected chi connectivity index (χ1v) is 9.50. The van der Waals surface area contributed by atoms with Gasteiger partial charge >= 0.3 is 0 Å². The molecule has 1 unspecified atom stereocenters. The molecule has 1 aromatic carbocycles. The number of ketones is 1. The summed E-state index contributed by atoms with van der Waals surface area (Å²) in [5.74, 6) is 0.0577. The van der Waals surface area contributed by atoms with Gasteiger partial charge in [-0.25, -0.2) is 0 Å². The van der Waals surface area contributed by atoms with Crippen LogP contribution in [0, 0.1) is 0 Å². The van der Waals surface area contributed by atoms with Crippen molar-refractivity contribution in [3.8, 4) is 0 Å². The van der Waals surface area contributed by atoms with Crippen LogP contribution in [0.5, 0.6) is 0 Å². The molecule has 0 aliphatic carbocycles. The van der Waals surface area contributed by atoms with Crippen LogP contribution >= 0.6 is 22.9 Å². The molecule has 1 aromatic heterocycles. The maximum absolute atomic E-state index is 12.6. The summed E-state index contributed by atoms with van der Waals surface area (Å²) in [6.45, 7) is 2.86. The molecule has 2 heterocycles. The SMILES string of the molecule is CCC1c2ccsc2CCN1C(=O)CCC(=O)c1ccc(Cl)cc1. The Bertz CT molecular complexity index is 738.